The maximum atomic E-state index is 11.0. The average Bonchev–Trinajstić information content (AvgIpc) is 2.96. The number of benzene rings is 1. The van der Waals surface area contributed by atoms with E-state index in [9.17, 15) is 4.79 Å². The van der Waals surface area contributed by atoms with Gasteiger partial charge in [0.05, 0.1) is 0 Å². The summed E-state index contributed by atoms with van der Waals surface area (Å²) in [5.74, 6) is 0.430. The second-order valence-electron chi connectivity index (χ2n) is 5.11. The Labute approximate surface area is 119 Å². The molecule has 108 valence electrons. The molecule has 5 nitrogen and oxygen atoms in total. The number of primary amides is 1. The maximum absolute atomic E-state index is 11.0. The number of guanidine groups is 1. The largest absolute Gasteiger partial charge is 0.366 e. The molecule has 0 spiro atoms. The first-order valence-corrected chi connectivity index (χ1v) is 7.05. The molecule has 2 rings (SSSR count). The van der Waals surface area contributed by atoms with Crippen LogP contribution in [0.2, 0.25) is 0 Å². The van der Waals surface area contributed by atoms with Crippen molar-refractivity contribution in [3.8, 4) is 0 Å². The third kappa shape index (κ3) is 3.98. The Kier molecular flexibility index (Phi) is 4.98. The molecule has 1 fully saturated rings. The number of carbonyl (C=O) groups is 1. The predicted octanol–water partition coefficient (Wildman–Crippen LogP) is 1.39. The number of carbonyl (C=O) groups excluding carboxylic acids is 1. The summed E-state index contributed by atoms with van der Waals surface area (Å²) < 4.78 is 0. The van der Waals surface area contributed by atoms with Crippen molar-refractivity contribution in [1.29, 1.82) is 0 Å². The molecule has 1 aromatic carbocycles. The molecule has 5 heteroatoms. The highest BCUT2D eigenvalue weighted by molar-refractivity contribution is 5.92. The van der Waals surface area contributed by atoms with Crippen LogP contribution in [0, 0.1) is 0 Å². The molecule has 20 heavy (non-hydrogen) atoms. The highest BCUT2D eigenvalue weighted by Gasteiger charge is 2.15. The fraction of sp³-hybridized carbons (Fsp3) is 0.467. The summed E-state index contributed by atoms with van der Waals surface area (Å²) in [5, 5.41) is 6.71. The number of rotatable bonds is 4. The molecule has 1 aliphatic carbocycles. The van der Waals surface area contributed by atoms with E-state index in [-0.39, 0.29) is 0 Å². The molecule has 0 aromatic heterocycles. The number of aliphatic imine (C=N–C) groups is 1. The minimum atomic E-state index is -0.400. The van der Waals surface area contributed by atoms with E-state index in [0.717, 1.165) is 11.5 Å². The molecule has 1 aliphatic rings. The van der Waals surface area contributed by atoms with Crippen LogP contribution < -0.4 is 16.4 Å². The van der Waals surface area contributed by atoms with Gasteiger partial charge in [-0.1, -0.05) is 25.0 Å². The molecule has 0 atom stereocenters. The molecule has 0 aliphatic heterocycles. The van der Waals surface area contributed by atoms with Gasteiger partial charge in [0.15, 0.2) is 5.96 Å². The van der Waals surface area contributed by atoms with Gasteiger partial charge in [-0.15, -0.1) is 0 Å². The van der Waals surface area contributed by atoms with Crippen molar-refractivity contribution in [3.05, 3.63) is 35.4 Å². The zero-order valence-electron chi connectivity index (χ0n) is 11.9. The van der Waals surface area contributed by atoms with Crippen LogP contribution >= 0.6 is 0 Å². The lowest BCUT2D eigenvalue weighted by Crippen LogP contribution is -2.41. The third-order valence-electron chi connectivity index (χ3n) is 3.62. The van der Waals surface area contributed by atoms with E-state index in [1.807, 2.05) is 12.1 Å². The van der Waals surface area contributed by atoms with E-state index in [0.29, 0.717) is 18.2 Å². The first kappa shape index (κ1) is 14.4. The quantitative estimate of drug-likeness (QED) is 0.573. The number of hydrogen-bond acceptors (Lipinski definition) is 2. The number of nitrogens with zero attached hydrogens (tertiary/aromatic N) is 1. The average molecular weight is 274 g/mol. The van der Waals surface area contributed by atoms with Crippen LogP contribution in [0.25, 0.3) is 0 Å². The molecule has 1 saturated carbocycles. The van der Waals surface area contributed by atoms with Crippen molar-refractivity contribution in [2.24, 2.45) is 10.7 Å². The summed E-state index contributed by atoms with van der Waals surface area (Å²) in [6.07, 6.45) is 5.02. The number of hydrogen-bond donors (Lipinski definition) is 3. The van der Waals surface area contributed by atoms with Gasteiger partial charge in [-0.3, -0.25) is 9.79 Å². The Morgan fingerprint density at radius 3 is 2.50 bits per heavy atom. The van der Waals surface area contributed by atoms with E-state index in [1.54, 1.807) is 19.2 Å². The smallest absolute Gasteiger partial charge is 0.248 e. The molecule has 0 unspecified atom stereocenters. The Morgan fingerprint density at radius 1 is 1.30 bits per heavy atom. The van der Waals surface area contributed by atoms with Crippen molar-refractivity contribution in [3.63, 3.8) is 0 Å². The number of nitrogens with one attached hydrogen (secondary N) is 2. The van der Waals surface area contributed by atoms with Gasteiger partial charge in [0.2, 0.25) is 5.91 Å². The predicted molar refractivity (Wildman–Crippen MR) is 80.6 cm³/mol. The maximum Gasteiger partial charge on any atom is 0.248 e. The van der Waals surface area contributed by atoms with Gasteiger partial charge >= 0.3 is 0 Å². The molecule has 1 amide bonds. The summed E-state index contributed by atoms with van der Waals surface area (Å²) in [6, 6.07) is 7.82. The van der Waals surface area contributed by atoms with Gasteiger partial charge < -0.3 is 16.4 Å². The zero-order chi connectivity index (χ0) is 14.4. The van der Waals surface area contributed by atoms with Crippen molar-refractivity contribution in [2.75, 3.05) is 7.05 Å². The lowest BCUT2D eigenvalue weighted by molar-refractivity contribution is 0.100. The van der Waals surface area contributed by atoms with Crippen molar-refractivity contribution in [2.45, 2.75) is 38.3 Å². The fourth-order valence-electron chi connectivity index (χ4n) is 2.43. The highest BCUT2D eigenvalue weighted by Crippen LogP contribution is 2.17. The minimum Gasteiger partial charge on any atom is -0.366 e. The van der Waals surface area contributed by atoms with Gasteiger partial charge in [0.25, 0.3) is 0 Å². The van der Waals surface area contributed by atoms with Crippen LogP contribution in [0.3, 0.4) is 0 Å². The second kappa shape index (κ2) is 6.93. The van der Waals surface area contributed by atoms with Crippen molar-refractivity contribution in [1.82, 2.24) is 10.6 Å². The molecule has 0 radical (unpaired) electrons. The van der Waals surface area contributed by atoms with E-state index >= 15 is 0 Å². The van der Waals surface area contributed by atoms with Crippen LogP contribution in [0.15, 0.2) is 29.3 Å². The molecular weight excluding hydrogens is 252 g/mol. The van der Waals surface area contributed by atoms with Crippen molar-refractivity contribution >= 4 is 11.9 Å². The highest BCUT2D eigenvalue weighted by atomic mass is 16.1. The fourth-order valence-corrected chi connectivity index (χ4v) is 2.43. The molecule has 0 heterocycles. The van der Waals surface area contributed by atoms with E-state index in [1.165, 1.54) is 25.7 Å². The lowest BCUT2D eigenvalue weighted by atomic mass is 10.1. The van der Waals surface area contributed by atoms with Crippen LogP contribution in [0.1, 0.15) is 41.6 Å². The first-order chi connectivity index (χ1) is 9.69. The molecule has 0 bridgehead atoms. The number of amides is 1. The Balaban J connectivity index is 1.84. The summed E-state index contributed by atoms with van der Waals surface area (Å²) in [7, 11) is 1.78. The summed E-state index contributed by atoms with van der Waals surface area (Å²) in [6.45, 7) is 0.672. The van der Waals surface area contributed by atoms with Gasteiger partial charge in [-0.25, -0.2) is 0 Å². The van der Waals surface area contributed by atoms with Crippen LogP contribution in [0.5, 0.6) is 0 Å². The Morgan fingerprint density at radius 2 is 1.95 bits per heavy atom. The summed E-state index contributed by atoms with van der Waals surface area (Å²) in [5.41, 5.74) is 6.83. The third-order valence-corrected chi connectivity index (χ3v) is 3.62. The first-order valence-electron chi connectivity index (χ1n) is 7.05. The zero-order valence-corrected chi connectivity index (χ0v) is 11.9. The van der Waals surface area contributed by atoms with E-state index in [4.69, 9.17) is 5.73 Å². The van der Waals surface area contributed by atoms with Crippen molar-refractivity contribution < 1.29 is 4.79 Å². The molecule has 0 saturated heterocycles. The van der Waals surface area contributed by atoms with Gasteiger partial charge in [-0.05, 0) is 30.5 Å². The summed E-state index contributed by atoms with van der Waals surface area (Å²) in [4.78, 5) is 15.2. The molecular formula is C15H22N4O. The van der Waals surface area contributed by atoms with Crippen LogP contribution in [0.4, 0.5) is 0 Å². The normalized spacial score (nSPS) is 16.1. The van der Waals surface area contributed by atoms with Crippen LogP contribution in [-0.4, -0.2) is 25.0 Å². The topological polar surface area (TPSA) is 79.5 Å². The second-order valence-corrected chi connectivity index (χ2v) is 5.11. The van der Waals surface area contributed by atoms with E-state index < -0.39 is 5.91 Å². The van der Waals surface area contributed by atoms with Crippen LogP contribution in [-0.2, 0) is 6.54 Å². The molecule has 4 N–H and O–H groups in total. The number of nitrogens with two attached hydrogens (primary N) is 1. The van der Waals surface area contributed by atoms with Gasteiger partial charge in [0, 0.05) is 25.2 Å². The van der Waals surface area contributed by atoms with Gasteiger partial charge in [-0.2, -0.15) is 0 Å². The Bertz CT molecular complexity index is 475. The minimum absolute atomic E-state index is 0.400. The Hall–Kier alpha value is -2.04. The summed E-state index contributed by atoms with van der Waals surface area (Å²) >= 11 is 0. The SMILES string of the molecule is CN=C(NCc1ccc(C(N)=O)cc1)NC1CCCC1. The monoisotopic (exact) mass is 274 g/mol. The standard InChI is InChI=1S/C15H22N4O/c1-17-15(19-13-4-2-3-5-13)18-10-11-6-8-12(9-7-11)14(16)20/h6-9,13H,2-5,10H2,1H3,(H2,16,20)(H2,17,18,19). The molecule has 1 aromatic rings. The van der Waals surface area contributed by atoms with Gasteiger partial charge in [0.1, 0.15) is 0 Å². The van der Waals surface area contributed by atoms with E-state index in [2.05, 4.69) is 15.6 Å². The lowest BCUT2D eigenvalue weighted by Gasteiger charge is -2.16.